The highest BCUT2D eigenvalue weighted by molar-refractivity contribution is 5.97. The Morgan fingerprint density at radius 2 is 1.85 bits per heavy atom. The minimum absolute atomic E-state index is 0.0461. The number of nitrogens with one attached hydrogen (secondary N) is 3. The van der Waals surface area contributed by atoms with Gasteiger partial charge in [0.15, 0.2) is 0 Å². The molecule has 0 bridgehead atoms. The first-order valence-electron chi connectivity index (χ1n) is 11.3. The summed E-state index contributed by atoms with van der Waals surface area (Å²) in [7, 11) is 0. The second-order valence-electron chi connectivity index (χ2n) is 7.72. The van der Waals surface area contributed by atoms with E-state index in [0.29, 0.717) is 30.6 Å². The number of halogens is 1. The highest BCUT2D eigenvalue weighted by Crippen LogP contribution is 2.21. The third-order valence-corrected chi connectivity index (χ3v) is 5.02. The van der Waals surface area contributed by atoms with E-state index >= 15 is 0 Å². The van der Waals surface area contributed by atoms with Gasteiger partial charge in [-0.05, 0) is 77.9 Å². The van der Waals surface area contributed by atoms with Crippen LogP contribution in [0.5, 0.6) is 0 Å². The maximum absolute atomic E-state index is 12.9. The van der Waals surface area contributed by atoms with Gasteiger partial charge in [-0.15, -0.1) is 0 Å². The lowest BCUT2D eigenvalue weighted by molar-refractivity contribution is -0.108. The van der Waals surface area contributed by atoms with Crippen molar-refractivity contribution in [3.63, 3.8) is 0 Å². The van der Waals surface area contributed by atoms with E-state index in [2.05, 4.69) is 40.9 Å². The number of amides is 2. The fourth-order valence-electron chi connectivity index (χ4n) is 3.15. The number of carbonyl (C=O) groups excluding carboxylic acids is 2. The monoisotopic (exact) mass is 460 g/mol. The summed E-state index contributed by atoms with van der Waals surface area (Å²) < 4.78 is 12.9. The van der Waals surface area contributed by atoms with E-state index in [9.17, 15) is 14.0 Å². The number of hydrogen-bond acceptors (Lipinski definition) is 3. The van der Waals surface area contributed by atoms with Gasteiger partial charge in [0, 0.05) is 30.2 Å². The second kappa shape index (κ2) is 16.7. The van der Waals surface area contributed by atoms with Crippen LogP contribution in [0, 0.1) is 13.8 Å². The molecule has 0 unspecified atom stereocenters. The second-order valence-corrected chi connectivity index (χ2v) is 7.72. The minimum atomic E-state index is -0.180. The van der Waals surface area contributed by atoms with Crippen molar-refractivity contribution in [3.05, 3.63) is 64.4 Å². The Balaban J connectivity index is 0.00000109. The largest absolute Gasteiger partial charge is 0.358 e. The lowest BCUT2D eigenvalue weighted by atomic mass is 10.1. The molecule has 2 amide bonds. The summed E-state index contributed by atoms with van der Waals surface area (Å²) in [6.07, 6.45) is 8.22. The lowest BCUT2D eigenvalue weighted by Crippen LogP contribution is -2.35. The first-order chi connectivity index (χ1) is 15.6. The summed E-state index contributed by atoms with van der Waals surface area (Å²) in [6.45, 7) is 20.3. The van der Waals surface area contributed by atoms with Crippen LogP contribution >= 0.6 is 0 Å². The predicted octanol–water partition coefficient (Wildman–Crippen LogP) is 5.19. The van der Waals surface area contributed by atoms with Crippen LogP contribution < -0.4 is 10.6 Å². The van der Waals surface area contributed by atoms with Crippen molar-refractivity contribution < 1.29 is 14.0 Å². The van der Waals surface area contributed by atoms with E-state index in [4.69, 9.17) is 0 Å². The molecule has 33 heavy (non-hydrogen) atoms. The summed E-state index contributed by atoms with van der Waals surface area (Å²) in [5.74, 6) is -0.226. The molecule has 0 spiro atoms. The topological polar surface area (TPSA) is 77.2 Å². The number of nitrogens with zero attached hydrogens (tertiary/aromatic N) is 1. The number of aryl methyl sites for hydroxylation is 1. The van der Waals surface area contributed by atoms with E-state index < -0.39 is 0 Å². The average molecular weight is 461 g/mol. The van der Waals surface area contributed by atoms with Gasteiger partial charge in [0.2, 0.25) is 6.41 Å². The zero-order valence-corrected chi connectivity index (χ0v) is 21.3. The molecule has 7 heteroatoms. The molecule has 0 radical (unpaired) electrons. The molecular weight excluding hydrogens is 419 g/mol. The number of H-pyrrole nitrogens is 1. The van der Waals surface area contributed by atoms with Gasteiger partial charge >= 0.3 is 0 Å². The van der Waals surface area contributed by atoms with Gasteiger partial charge in [-0.3, -0.25) is 9.59 Å². The van der Waals surface area contributed by atoms with E-state index in [1.807, 2.05) is 33.8 Å². The van der Waals surface area contributed by atoms with Crippen LogP contribution in [0.25, 0.3) is 6.08 Å². The molecule has 1 heterocycles. The van der Waals surface area contributed by atoms with Crippen LogP contribution in [0.15, 0.2) is 41.9 Å². The molecule has 1 aromatic heterocycles. The maximum Gasteiger partial charge on any atom is 0.253 e. The molecular formula is C26H41FN4O2. The van der Waals surface area contributed by atoms with E-state index in [1.165, 1.54) is 6.92 Å². The van der Waals surface area contributed by atoms with Gasteiger partial charge in [-0.2, -0.15) is 0 Å². The molecule has 0 saturated carbocycles. The number of carbonyl (C=O) groups is 2. The predicted molar refractivity (Wildman–Crippen MR) is 137 cm³/mol. The Bertz CT molecular complexity index is 858. The Morgan fingerprint density at radius 3 is 2.36 bits per heavy atom. The Kier molecular flexibility index (Phi) is 15.2. The highest BCUT2D eigenvalue weighted by Gasteiger charge is 2.17. The Morgan fingerprint density at radius 1 is 1.21 bits per heavy atom. The number of aromatic nitrogens is 1. The van der Waals surface area contributed by atoms with Gasteiger partial charge in [-0.25, -0.2) is 4.39 Å². The summed E-state index contributed by atoms with van der Waals surface area (Å²) in [4.78, 5) is 27.8. The third kappa shape index (κ3) is 12.0. The SMILES string of the molecule is C=C(/C=C\C)NC=O.CCN(CC)CCNC(=O)c1c(C)[nH]c(/C=C(\C)C/C=C(\C)F)c1C. The van der Waals surface area contributed by atoms with Gasteiger partial charge in [0.05, 0.1) is 11.4 Å². The van der Waals surface area contributed by atoms with E-state index in [1.54, 1.807) is 18.2 Å². The maximum atomic E-state index is 12.9. The first-order valence-corrected chi connectivity index (χ1v) is 11.3. The van der Waals surface area contributed by atoms with Crippen LogP contribution in [0.1, 0.15) is 68.3 Å². The molecule has 6 nitrogen and oxygen atoms in total. The fraction of sp³-hybridized carbons (Fsp3) is 0.462. The minimum Gasteiger partial charge on any atom is -0.358 e. The smallest absolute Gasteiger partial charge is 0.253 e. The van der Waals surface area contributed by atoms with Crippen molar-refractivity contribution in [3.8, 4) is 0 Å². The van der Waals surface area contributed by atoms with Crippen LogP contribution in [-0.2, 0) is 4.79 Å². The fourth-order valence-corrected chi connectivity index (χ4v) is 3.15. The number of likely N-dealkylation sites (N-methyl/N-ethyl adjacent to an activating group) is 1. The van der Waals surface area contributed by atoms with Crippen molar-refractivity contribution in [1.29, 1.82) is 0 Å². The summed E-state index contributed by atoms with van der Waals surface area (Å²) in [5.41, 5.74) is 5.05. The zero-order valence-electron chi connectivity index (χ0n) is 21.3. The van der Waals surface area contributed by atoms with Crippen molar-refractivity contribution in [2.24, 2.45) is 0 Å². The molecule has 1 aromatic rings. The van der Waals surface area contributed by atoms with E-state index in [0.717, 1.165) is 42.2 Å². The van der Waals surface area contributed by atoms with Crippen LogP contribution in [-0.4, -0.2) is 48.4 Å². The molecule has 0 aliphatic carbocycles. The molecule has 0 saturated heterocycles. The average Bonchev–Trinajstić information content (AvgIpc) is 3.03. The third-order valence-electron chi connectivity index (χ3n) is 5.02. The van der Waals surface area contributed by atoms with Crippen molar-refractivity contribution >= 4 is 18.4 Å². The van der Waals surface area contributed by atoms with Gasteiger partial charge in [0.25, 0.3) is 5.91 Å². The first kappa shape index (κ1) is 30.1. The van der Waals surface area contributed by atoms with E-state index in [-0.39, 0.29) is 11.7 Å². The van der Waals surface area contributed by atoms with Crippen LogP contribution in [0.4, 0.5) is 4.39 Å². The quantitative estimate of drug-likeness (QED) is 0.297. The Labute approximate surface area is 198 Å². The Hall–Kier alpha value is -2.93. The molecule has 0 aliphatic rings. The highest BCUT2D eigenvalue weighted by atomic mass is 19.1. The van der Waals surface area contributed by atoms with Gasteiger partial charge < -0.3 is 20.5 Å². The number of aromatic amines is 1. The van der Waals surface area contributed by atoms with Crippen molar-refractivity contribution in [2.45, 2.75) is 54.9 Å². The van der Waals surface area contributed by atoms with Crippen molar-refractivity contribution in [1.82, 2.24) is 20.5 Å². The van der Waals surface area contributed by atoms with Gasteiger partial charge in [0.1, 0.15) is 0 Å². The molecule has 0 atom stereocenters. The molecule has 1 rings (SSSR count). The number of hydrogen-bond donors (Lipinski definition) is 3. The van der Waals surface area contributed by atoms with Crippen LogP contribution in [0.2, 0.25) is 0 Å². The van der Waals surface area contributed by atoms with Crippen molar-refractivity contribution in [2.75, 3.05) is 26.2 Å². The molecule has 0 aliphatic heterocycles. The molecule has 0 aromatic carbocycles. The normalized spacial score (nSPS) is 11.9. The number of allylic oxidation sites excluding steroid dienone is 5. The van der Waals surface area contributed by atoms with Crippen LogP contribution in [0.3, 0.4) is 0 Å². The lowest BCUT2D eigenvalue weighted by Gasteiger charge is -2.18. The molecule has 0 fully saturated rings. The molecule has 3 N–H and O–H groups in total. The molecule has 184 valence electrons. The standard InChI is InChI=1S/C20H32FN3O.C6H9NO/c1-7-24(8-2)12-11-22-20(25)19-16(5)18(23-17(19)6)13-14(3)9-10-15(4)21;1-3-4-6(2)7-5-8/h10,13,23H,7-9,11-12H2,1-6H3,(H,22,25);3-5H,2H2,1H3,(H,7,8)/b14-13+,15-10+;4-3-. The number of rotatable bonds is 12. The summed E-state index contributed by atoms with van der Waals surface area (Å²) in [6, 6.07) is 0. The zero-order chi connectivity index (χ0) is 25.4. The van der Waals surface area contributed by atoms with Gasteiger partial charge in [-0.1, -0.05) is 32.1 Å². The summed E-state index contributed by atoms with van der Waals surface area (Å²) in [5, 5.41) is 5.39. The summed E-state index contributed by atoms with van der Waals surface area (Å²) >= 11 is 0.